The first-order valence-electron chi connectivity index (χ1n) is 6.59. The van der Waals surface area contributed by atoms with Crippen LogP contribution in [0.25, 0.3) is 0 Å². The third-order valence-electron chi connectivity index (χ3n) is 2.21. The Morgan fingerprint density at radius 2 is 1.80 bits per heavy atom. The summed E-state index contributed by atoms with van der Waals surface area (Å²) in [5.74, 6) is 0.854. The maximum atomic E-state index is 9.96. The lowest BCUT2D eigenvalue weighted by atomic mass is 10.1. The molecule has 1 aromatic rings. The summed E-state index contributed by atoms with van der Waals surface area (Å²) in [6.45, 7) is 2.66. The average molecular weight is 282 g/mol. The van der Waals surface area contributed by atoms with Crippen molar-refractivity contribution < 1.29 is 14.3 Å². The van der Waals surface area contributed by atoms with E-state index in [9.17, 15) is 9.59 Å². The monoisotopic (exact) mass is 282 g/mol. The summed E-state index contributed by atoms with van der Waals surface area (Å²) in [4.78, 5) is 19.4. The van der Waals surface area contributed by atoms with Gasteiger partial charge < -0.3 is 20.6 Å². The van der Waals surface area contributed by atoms with Gasteiger partial charge in [0.1, 0.15) is 12.0 Å². The molecule has 0 fully saturated rings. The van der Waals surface area contributed by atoms with Crippen LogP contribution in [-0.4, -0.2) is 33.4 Å². The van der Waals surface area contributed by atoms with Gasteiger partial charge in [0.15, 0.2) is 0 Å². The molecule has 5 heteroatoms. The molecule has 0 spiro atoms. The second-order valence-corrected chi connectivity index (χ2v) is 3.63. The Labute approximate surface area is 121 Å². The van der Waals surface area contributed by atoms with Gasteiger partial charge in [0.05, 0.1) is 7.11 Å². The van der Waals surface area contributed by atoms with E-state index in [1.165, 1.54) is 12.6 Å². The van der Waals surface area contributed by atoms with Crippen molar-refractivity contribution in [1.82, 2.24) is 5.32 Å². The molecular weight excluding hydrogens is 256 g/mol. The Bertz CT molecular complexity index is 326. The molecule has 5 nitrogen and oxygen atoms in total. The maximum absolute atomic E-state index is 9.96. The Hall–Kier alpha value is -1.88. The highest BCUT2D eigenvalue weighted by molar-refractivity contribution is 5.48. The zero-order chi connectivity index (χ0) is 15.6. The van der Waals surface area contributed by atoms with Crippen LogP contribution in [0, 0.1) is 0 Å². The van der Waals surface area contributed by atoms with Crippen LogP contribution in [-0.2, 0) is 16.0 Å². The average Bonchev–Trinajstić information content (AvgIpc) is 2.52. The highest BCUT2D eigenvalue weighted by Crippen LogP contribution is 2.11. The molecule has 0 saturated heterocycles. The molecule has 0 radical (unpaired) electrons. The Kier molecular flexibility index (Phi) is 17.5. The van der Waals surface area contributed by atoms with Gasteiger partial charge in [-0.05, 0) is 37.6 Å². The summed E-state index contributed by atoms with van der Waals surface area (Å²) in [6.07, 6.45) is 4.18. The fraction of sp³-hybridized carbons (Fsp3) is 0.467. The van der Waals surface area contributed by atoms with Crippen molar-refractivity contribution in [2.24, 2.45) is 5.73 Å². The molecule has 0 atom stereocenters. The second kappa shape index (κ2) is 17.1. The predicted octanol–water partition coefficient (Wildman–Crippen LogP) is 1.54. The summed E-state index contributed by atoms with van der Waals surface area (Å²) in [5, 5.41) is 2.61. The van der Waals surface area contributed by atoms with Crippen LogP contribution in [0.3, 0.4) is 0 Å². The molecule has 0 aromatic heterocycles. The van der Waals surface area contributed by atoms with Crippen LogP contribution in [0.4, 0.5) is 0 Å². The quantitative estimate of drug-likeness (QED) is 0.587. The molecule has 0 unspecified atom stereocenters. The van der Waals surface area contributed by atoms with Crippen LogP contribution >= 0.6 is 0 Å². The first kappa shape index (κ1) is 20.4. The Morgan fingerprint density at radius 3 is 2.15 bits per heavy atom. The molecule has 1 amide bonds. The van der Waals surface area contributed by atoms with Crippen molar-refractivity contribution in [3.63, 3.8) is 0 Å². The standard InChI is InChI=1S/C10H13NO2.C4H8O.CH5N/c1-13-10-4-2-9(3-5-10)6-7-11-8-12;1-2-3-4-5;1-2/h2-5,8H,6-7H2,1H3,(H,11,12);4H,2-3H2,1H3;2H2,1H3. The molecule has 0 aliphatic carbocycles. The van der Waals surface area contributed by atoms with Crippen molar-refractivity contribution >= 4 is 12.7 Å². The summed E-state index contributed by atoms with van der Waals surface area (Å²) in [7, 11) is 3.14. The molecular formula is C15H26N2O3. The number of benzene rings is 1. The number of unbranched alkanes of at least 4 members (excludes halogenated alkanes) is 1. The van der Waals surface area contributed by atoms with Gasteiger partial charge in [0, 0.05) is 13.0 Å². The van der Waals surface area contributed by atoms with Crippen LogP contribution in [0.2, 0.25) is 0 Å². The normalized spacial score (nSPS) is 8.20. The number of methoxy groups -OCH3 is 1. The third-order valence-corrected chi connectivity index (χ3v) is 2.21. The van der Waals surface area contributed by atoms with Crippen LogP contribution in [0.15, 0.2) is 24.3 Å². The first-order chi connectivity index (χ1) is 9.78. The number of nitrogens with two attached hydrogens (primary N) is 1. The zero-order valence-electron chi connectivity index (χ0n) is 12.6. The van der Waals surface area contributed by atoms with E-state index in [1.54, 1.807) is 7.11 Å². The molecule has 1 aromatic carbocycles. The number of rotatable bonds is 7. The predicted molar refractivity (Wildman–Crippen MR) is 81.8 cm³/mol. The van der Waals surface area contributed by atoms with Crippen LogP contribution in [0.5, 0.6) is 5.75 Å². The summed E-state index contributed by atoms with van der Waals surface area (Å²) in [6, 6.07) is 7.81. The van der Waals surface area contributed by atoms with Gasteiger partial charge in [0.25, 0.3) is 0 Å². The molecule has 0 heterocycles. The molecule has 114 valence electrons. The lowest BCUT2D eigenvalue weighted by Crippen LogP contribution is -2.14. The minimum Gasteiger partial charge on any atom is -0.497 e. The number of carbonyl (C=O) groups is 2. The minimum atomic E-state index is 0.676. The number of nitrogens with one attached hydrogen (secondary N) is 1. The number of hydrogen-bond acceptors (Lipinski definition) is 4. The van der Waals surface area contributed by atoms with E-state index < -0.39 is 0 Å². The largest absolute Gasteiger partial charge is 0.497 e. The number of amides is 1. The molecule has 0 bridgehead atoms. The van der Waals surface area contributed by atoms with Gasteiger partial charge in [-0.15, -0.1) is 0 Å². The van der Waals surface area contributed by atoms with Crippen molar-refractivity contribution in [1.29, 1.82) is 0 Å². The zero-order valence-corrected chi connectivity index (χ0v) is 12.6. The second-order valence-electron chi connectivity index (χ2n) is 3.63. The number of aldehydes is 1. The maximum Gasteiger partial charge on any atom is 0.207 e. The van der Waals surface area contributed by atoms with E-state index in [2.05, 4.69) is 11.1 Å². The number of hydrogen-bond donors (Lipinski definition) is 2. The Morgan fingerprint density at radius 1 is 1.20 bits per heavy atom. The summed E-state index contributed by atoms with van der Waals surface area (Å²) in [5.41, 5.74) is 5.69. The lowest BCUT2D eigenvalue weighted by molar-refractivity contribution is -0.109. The van der Waals surface area contributed by atoms with Gasteiger partial charge in [-0.1, -0.05) is 19.1 Å². The number of carbonyl (C=O) groups excluding carboxylic acids is 2. The molecule has 3 N–H and O–H groups in total. The van der Waals surface area contributed by atoms with E-state index >= 15 is 0 Å². The van der Waals surface area contributed by atoms with Gasteiger partial charge in [0.2, 0.25) is 6.41 Å². The first-order valence-corrected chi connectivity index (χ1v) is 6.59. The summed E-state index contributed by atoms with van der Waals surface area (Å²) < 4.78 is 5.02. The fourth-order valence-electron chi connectivity index (χ4n) is 1.19. The van der Waals surface area contributed by atoms with Crippen LogP contribution < -0.4 is 15.8 Å². The molecule has 1 rings (SSSR count). The van der Waals surface area contributed by atoms with Gasteiger partial charge in [-0.3, -0.25) is 4.79 Å². The van der Waals surface area contributed by atoms with Gasteiger partial charge in [-0.2, -0.15) is 0 Å². The molecule has 20 heavy (non-hydrogen) atoms. The molecule has 0 aliphatic heterocycles. The van der Waals surface area contributed by atoms with E-state index in [0.717, 1.165) is 24.9 Å². The van der Waals surface area contributed by atoms with Crippen LogP contribution in [0.1, 0.15) is 25.3 Å². The lowest BCUT2D eigenvalue weighted by Gasteiger charge is -2.02. The third kappa shape index (κ3) is 12.6. The number of ether oxygens (including phenoxy) is 1. The van der Waals surface area contributed by atoms with Gasteiger partial charge >= 0.3 is 0 Å². The smallest absolute Gasteiger partial charge is 0.207 e. The minimum absolute atomic E-state index is 0.676. The van der Waals surface area contributed by atoms with E-state index in [-0.39, 0.29) is 0 Å². The molecule has 0 aliphatic rings. The van der Waals surface area contributed by atoms with Crippen molar-refractivity contribution in [3.05, 3.63) is 29.8 Å². The van der Waals surface area contributed by atoms with E-state index in [1.807, 2.05) is 31.2 Å². The fourth-order valence-corrected chi connectivity index (χ4v) is 1.19. The molecule has 0 saturated carbocycles. The Balaban J connectivity index is 0. The van der Waals surface area contributed by atoms with Crippen molar-refractivity contribution in [3.8, 4) is 5.75 Å². The van der Waals surface area contributed by atoms with Crippen molar-refractivity contribution in [2.45, 2.75) is 26.2 Å². The summed E-state index contributed by atoms with van der Waals surface area (Å²) >= 11 is 0. The highest BCUT2D eigenvalue weighted by atomic mass is 16.5. The van der Waals surface area contributed by atoms with E-state index in [4.69, 9.17) is 4.74 Å². The van der Waals surface area contributed by atoms with E-state index in [0.29, 0.717) is 19.4 Å². The van der Waals surface area contributed by atoms with Crippen molar-refractivity contribution in [2.75, 3.05) is 20.7 Å². The topological polar surface area (TPSA) is 81.4 Å². The highest BCUT2D eigenvalue weighted by Gasteiger charge is 1.93. The van der Waals surface area contributed by atoms with Gasteiger partial charge in [-0.25, -0.2) is 0 Å². The SMILES string of the molecule is CCCC=O.CN.COc1ccc(CCNC=O)cc1.